The molecule has 0 aromatic carbocycles. The van der Waals surface area contributed by atoms with Crippen LogP contribution in [0.25, 0.3) is 0 Å². The van der Waals surface area contributed by atoms with Gasteiger partial charge in [0.05, 0.1) is 12.6 Å². The Morgan fingerprint density at radius 3 is 2.24 bits per heavy atom. The lowest BCUT2D eigenvalue weighted by atomic mass is 9.83. The van der Waals surface area contributed by atoms with E-state index in [1.165, 1.54) is 0 Å². The van der Waals surface area contributed by atoms with Gasteiger partial charge in [-0.05, 0) is 25.2 Å². The number of aliphatic hydroxyl groups excluding tert-OH is 1. The van der Waals surface area contributed by atoms with Crippen molar-refractivity contribution in [1.29, 1.82) is 0 Å². The molecule has 0 saturated carbocycles. The summed E-state index contributed by atoms with van der Waals surface area (Å²) >= 11 is 0. The summed E-state index contributed by atoms with van der Waals surface area (Å²) in [4.78, 5) is 11.8. The van der Waals surface area contributed by atoms with E-state index >= 15 is 0 Å². The third-order valence-electron chi connectivity index (χ3n) is 3.54. The van der Waals surface area contributed by atoms with E-state index in [1.807, 2.05) is 27.7 Å². The second-order valence-electron chi connectivity index (χ2n) is 5.32. The van der Waals surface area contributed by atoms with Gasteiger partial charge in [0.15, 0.2) is 0 Å². The Morgan fingerprint density at radius 2 is 1.88 bits per heavy atom. The number of hydrogen-bond donors (Lipinski definition) is 3. The van der Waals surface area contributed by atoms with Gasteiger partial charge in [0.1, 0.15) is 0 Å². The second kappa shape index (κ2) is 7.67. The van der Waals surface area contributed by atoms with Crippen molar-refractivity contribution in [2.45, 2.75) is 53.0 Å². The van der Waals surface area contributed by atoms with E-state index in [1.54, 1.807) is 0 Å². The molecule has 1 atom stereocenters. The predicted molar refractivity (Wildman–Crippen MR) is 70.5 cm³/mol. The molecular formula is C13H28N2O2. The smallest absolute Gasteiger partial charge is 0.236 e. The fourth-order valence-corrected chi connectivity index (χ4v) is 1.80. The molecule has 0 aliphatic carbocycles. The van der Waals surface area contributed by atoms with Gasteiger partial charge in [0.25, 0.3) is 0 Å². The highest BCUT2D eigenvalue weighted by atomic mass is 16.3. The molecule has 0 unspecified atom stereocenters. The Kier molecular flexibility index (Phi) is 7.39. The largest absolute Gasteiger partial charge is 0.396 e. The van der Waals surface area contributed by atoms with Gasteiger partial charge < -0.3 is 16.2 Å². The molecule has 102 valence electrons. The monoisotopic (exact) mass is 244 g/mol. The van der Waals surface area contributed by atoms with Crippen molar-refractivity contribution in [3.8, 4) is 0 Å². The minimum absolute atomic E-state index is 0.0969. The van der Waals surface area contributed by atoms with Crippen LogP contribution in [-0.4, -0.2) is 30.2 Å². The molecular weight excluding hydrogens is 216 g/mol. The molecule has 0 spiro atoms. The van der Waals surface area contributed by atoms with Gasteiger partial charge in [-0.25, -0.2) is 0 Å². The number of aliphatic hydroxyl groups is 1. The lowest BCUT2D eigenvalue weighted by Crippen LogP contribution is -2.46. The number of nitrogens with one attached hydrogen (secondary N) is 1. The van der Waals surface area contributed by atoms with Crippen LogP contribution in [-0.2, 0) is 4.79 Å². The molecule has 0 aromatic rings. The quantitative estimate of drug-likeness (QED) is 0.602. The summed E-state index contributed by atoms with van der Waals surface area (Å²) in [6, 6.07) is -0.444. The van der Waals surface area contributed by atoms with Crippen molar-refractivity contribution in [2.24, 2.45) is 17.1 Å². The first-order chi connectivity index (χ1) is 7.90. The number of carbonyl (C=O) groups excluding carboxylic acids is 1. The SMILES string of the molecule is CCC(CC)(CO)CNC(=O)[C@@H](N)CC(C)C. The minimum atomic E-state index is -0.444. The maximum atomic E-state index is 11.8. The fraction of sp³-hybridized carbons (Fsp3) is 0.923. The van der Waals surface area contributed by atoms with Crippen LogP contribution < -0.4 is 11.1 Å². The van der Waals surface area contributed by atoms with Crippen LogP contribution in [0, 0.1) is 11.3 Å². The normalized spacial score (nSPS) is 13.8. The molecule has 0 rings (SSSR count). The average Bonchev–Trinajstić information content (AvgIpc) is 2.30. The number of carbonyl (C=O) groups is 1. The van der Waals surface area contributed by atoms with Gasteiger partial charge >= 0.3 is 0 Å². The highest BCUT2D eigenvalue weighted by molar-refractivity contribution is 5.81. The topological polar surface area (TPSA) is 75.3 Å². The van der Waals surface area contributed by atoms with Crippen LogP contribution in [0.4, 0.5) is 0 Å². The summed E-state index contributed by atoms with van der Waals surface area (Å²) in [5.74, 6) is 0.300. The second-order valence-corrected chi connectivity index (χ2v) is 5.32. The standard InChI is InChI=1S/C13H28N2O2/c1-5-13(6-2,9-16)8-15-12(17)11(14)7-10(3)4/h10-11,16H,5-9,14H2,1-4H3,(H,15,17)/t11-/m0/s1. The highest BCUT2D eigenvalue weighted by Crippen LogP contribution is 2.24. The van der Waals surface area contributed by atoms with Gasteiger partial charge in [-0.3, -0.25) is 4.79 Å². The van der Waals surface area contributed by atoms with Gasteiger partial charge in [0, 0.05) is 12.0 Å². The number of amides is 1. The van der Waals surface area contributed by atoms with Crippen molar-refractivity contribution in [3.05, 3.63) is 0 Å². The fourth-order valence-electron chi connectivity index (χ4n) is 1.80. The Labute approximate surface area is 105 Å². The van der Waals surface area contributed by atoms with Crippen molar-refractivity contribution >= 4 is 5.91 Å². The van der Waals surface area contributed by atoms with Crippen LogP contribution in [0.3, 0.4) is 0 Å². The maximum absolute atomic E-state index is 11.8. The summed E-state index contributed by atoms with van der Waals surface area (Å²) < 4.78 is 0. The van der Waals surface area contributed by atoms with E-state index in [0.29, 0.717) is 18.9 Å². The molecule has 0 aromatic heterocycles. The van der Waals surface area contributed by atoms with E-state index in [2.05, 4.69) is 5.32 Å². The van der Waals surface area contributed by atoms with E-state index in [0.717, 1.165) is 12.8 Å². The zero-order valence-electron chi connectivity index (χ0n) is 11.6. The Bertz CT molecular complexity index is 217. The molecule has 4 N–H and O–H groups in total. The Hall–Kier alpha value is -0.610. The molecule has 0 fully saturated rings. The molecule has 0 bridgehead atoms. The van der Waals surface area contributed by atoms with Crippen LogP contribution in [0.2, 0.25) is 0 Å². The summed E-state index contributed by atoms with van der Waals surface area (Å²) in [6.07, 6.45) is 2.38. The maximum Gasteiger partial charge on any atom is 0.236 e. The molecule has 4 nitrogen and oxygen atoms in total. The van der Waals surface area contributed by atoms with Crippen molar-refractivity contribution in [1.82, 2.24) is 5.32 Å². The van der Waals surface area contributed by atoms with E-state index in [4.69, 9.17) is 5.73 Å². The molecule has 0 aliphatic rings. The summed E-state index contributed by atoms with van der Waals surface area (Å²) in [5, 5.41) is 12.2. The van der Waals surface area contributed by atoms with Crippen LogP contribution in [0.15, 0.2) is 0 Å². The first-order valence-corrected chi connectivity index (χ1v) is 6.55. The first-order valence-electron chi connectivity index (χ1n) is 6.55. The molecule has 0 saturated heterocycles. The number of hydrogen-bond acceptors (Lipinski definition) is 3. The molecule has 1 amide bonds. The lowest BCUT2D eigenvalue weighted by molar-refractivity contribution is -0.123. The van der Waals surface area contributed by atoms with Gasteiger partial charge in [-0.15, -0.1) is 0 Å². The average molecular weight is 244 g/mol. The summed E-state index contributed by atoms with van der Waals surface area (Å²) in [7, 11) is 0. The third-order valence-corrected chi connectivity index (χ3v) is 3.54. The first kappa shape index (κ1) is 16.4. The number of nitrogens with two attached hydrogens (primary N) is 1. The van der Waals surface area contributed by atoms with E-state index < -0.39 is 6.04 Å². The Morgan fingerprint density at radius 1 is 1.35 bits per heavy atom. The summed E-state index contributed by atoms with van der Waals surface area (Å²) in [6.45, 7) is 8.74. The zero-order valence-corrected chi connectivity index (χ0v) is 11.6. The third kappa shape index (κ3) is 5.50. The predicted octanol–water partition coefficient (Wildman–Crippen LogP) is 1.27. The molecule has 0 radical (unpaired) electrons. The van der Waals surface area contributed by atoms with Gasteiger partial charge in [0.2, 0.25) is 5.91 Å². The molecule has 0 aliphatic heterocycles. The lowest BCUT2D eigenvalue weighted by Gasteiger charge is -2.30. The van der Waals surface area contributed by atoms with Gasteiger partial charge in [-0.1, -0.05) is 27.7 Å². The Balaban J connectivity index is 4.21. The van der Waals surface area contributed by atoms with Crippen LogP contribution in [0.1, 0.15) is 47.0 Å². The molecule has 17 heavy (non-hydrogen) atoms. The summed E-state index contributed by atoms with van der Waals surface area (Å²) in [5.41, 5.74) is 5.60. The van der Waals surface area contributed by atoms with Crippen molar-refractivity contribution in [3.63, 3.8) is 0 Å². The molecule has 0 heterocycles. The van der Waals surface area contributed by atoms with Gasteiger partial charge in [-0.2, -0.15) is 0 Å². The van der Waals surface area contributed by atoms with E-state index in [9.17, 15) is 9.90 Å². The van der Waals surface area contributed by atoms with Crippen molar-refractivity contribution < 1.29 is 9.90 Å². The minimum Gasteiger partial charge on any atom is -0.396 e. The highest BCUT2D eigenvalue weighted by Gasteiger charge is 2.26. The van der Waals surface area contributed by atoms with E-state index in [-0.39, 0.29) is 17.9 Å². The number of rotatable bonds is 8. The molecule has 4 heteroatoms. The van der Waals surface area contributed by atoms with Crippen LogP contribution in [0.5, 0.6) is 0 Å². The van der Waals surface area contributed by atoms with Crippen molar-refractivity contribution in [2.75, 3.05) is 13.2 Å². The van der Waals surface area contributed by atoms with Crippen LogP contribution >= 0.6 is 0 Å². The zero-order chi connectivity index (χ0) is 13.5.